The van der Waals surface area contributed by atoms with Crippen molar-refractivity contribution in [2.24, 2.45) is 0 Å². The van der Waals surface area contributed by atoms with Gasteiger partial charge in [0.2, 0.25) is 0 Å². The van der Waals surface area contributed by atoms with E-state index in [1.54, 1.807) is 7.11 Å². The molecule has 0 heterocycles. The summed E-state index contributed by atoms with van der Waals surface area (Å²) in [5, 5.41) is 0. The standard InChI is InChI=1S/C17H16O/c1-14(15-9-5-3-6-10-15)13-17(18-2)16-11-7-4-8-12-16/h3-13H,1H2,2H3. The summed E-state index contributed by atoms with van der Waals surface area (Å²) < 4.78 is 5.43. The third-order valence-electron chi connectivity index (χ3n) is 2.73. The van der Waals surface area contributed by atoms with Crippen LogP contribution in [-0.4, -0.2) is 7.11 Å². The van der Waals surface area contributed by atoms with Crippen molar-refractivity contribution in [1.82, 2.24) is 0 Å². The Labute approximate surface area is 108 Å². The number of methoxy groups -OCH3 is 1. The zero-order chi connectivity index (χ0) is 12.8. The van der Waals surface area contributed by atoms with Gasteiger partial charge < -0.3 is 4.74 Å². The normalized spacial score (nSPS) is 11.1. The molecule has 2 aromatic rings. The summed E-state index contributed by atoms with van der Waals surface area (Å²) in [5.74, 6) is 0.824. The van der Waals surface area contributed by atoms with Crippen LogP contribution in [0.3, 0.4) is 0 Å². The molecule has 0 N–H and O–H groups in total. The van der Waals surface area contributed by atoms with Gasteiger partial charge in [0, 0.05) is 5.56 Å². The highest BCUT2D eigenvalue weighted by atomic mass is 16.5. The van der Waals surface area contributed by atoms with E-state index in [2.05, 4.69) is 6.58 Å². The summed E-state index contributed by atoms with van der Waals surface area (Å²) in [6.07, 6.45) is 1.96. The Balaban J connectivity index is 2.29. The SMILES string of the molecule is C=C(C=C(OC)c1ccccc1)c1ccccc1. The zero-order valence-corrected chi connectivity index (χ0v) is 10.5. The quantitative estimate of drug-likeness (QED) is 0.565. The minimum Gasteiger partial charge on any atom is -0.496 e. The molecule has 18 heavy (non-hydrogen) atoms. The van der Waals surface area contributed by atoms with Gasteiger partial charge in [-0.2, -0.15) is 0 Å². The lowest BCUT2D eigenvalue weighted by Crippen LogP contribution is -1.88. The molecule has 0 atom stereocenters. The average Bonchev–Trinajstić information content (AvgIpc) is 2.46. The first-order chi connectivity index (χ1) is 8.81. The molecule has 0 unspecified atom stereocenters. The van der Waals surface area contributed by atoms with Crippen molar-refractivity contribution in [3.05, 3.63) is 84.4 Å². The summed E-state index contributed by atoms with van der Waals surface area (Å²) >= 11 is 0. The number of benzene rings is 2. The van der Waals surface area contributed by atoms with Crippen molar-refractivity contribution in [1.29, 1.82) is 0 Å². The highest BCUT2D eigenvalue weighted by molar-refractivity contribution is 5.80. The van der Waals surface area contributed by atoms with Crippen molar-refractivity contribution < 1.29 is 4.74 Å². The molecule has 90 valence electrons. The molecule has 0 aliphatic rings. The molecule has 0 radical (unpaired) electrons. The molecule has 0 amide bonds. The summed E-state index contributed by atoms with van der Waals surface area (Å²) in [6.45, 7) is 4.08. The van der Waals surface area contributed by atoms with Crippen LogP contribution in [0.2, 0.25) is 0 Å². The smallest absolute Gasteiger partial charge is 0.126 e. The Morgan fingerprint density at radius 3 is 1.89 bits per heavy atom. The second-order valence-corrected chi connectivity index (χ2v) is 3.97. The summed E-state index contributed by atoms with van der Waals surface area (Å²) in [4.78, 5) is 0. The van der Waals surface area contributed by atoms with Gasteiger partial charge in [-0.1, -0.05) is 67.2 Å². The number of hydrogen-bond donors (Lipinski definition) is 0. The van der Waals surface area contributed by atoms with E-state index in [0.29, 0.717) is 0 Å². The van der Waals surface area contributed by atoms with E-state index >= 15 is 0 Å². The molecule has 0 aliphatic carbocycles. The number of allylic oxidation sites excluding steroid dienone is 2. The van der Waals surface area contributed by atoms with E-state index in [0.717, 1.165) is 22.5 Å². The van der Waals surface area contributed by atoms with Gasteiger partial charge in [-0.05, 0) is 17.2 Å². The molecule has 0 spiro atoms. The first-order valence-electron chi connectivity index (χ1n) is 5.86. The van der Waals surface area contributed by atoms with Crippen molar-refractivity contribution >= 4 is 11.3 Å². The number of ether oxygens (including phenoxy) is 1. The van der Waals surface area contributed by atoms with Crippen LogP contribution >= 0.6 is 0 Å². The molecule has 0 aromatic heterocycles. The predicted octanol–water partition coefficient (Wildman–Crippen LogP) is 4.39. The summed E-state index contributed by atoms with van der Waals surface area (Å²) in [5.41, 5.74) is 3.09. The van der Waals surface area contributed by atoms with Gasteiger partial charge in [-0.3, -0.25) is 0 Å². The van der Waals surface area contributed by atoms with E-state index in [9.17, 15) is 0 Å². The lowest BCUT2D eigenvalue weighted by molar-refractivity contribution is 0.370. The Bertz CT molecular complexity index is 538. The lowest BCUT2D eigenvalue weighted by atomic mass is 10.1. The highest BCUT2D eigenvalue weighted by Gasteiger charge is 2.02. The van der Waals surface area contributed by atoms with Crippen LogP contribution in [0.1, 0.15) is 11.1 Å². The Kier molecular flexibility index (Phi) is 3.98. The maximum atomic E-state index is 5.43. The molecule has 2 rings (SSSR count). The molecule has 0 aliphatic heterocycles. The molecule has 1 nitrogen and oxygen atoms in total. The van der Waals surface area contributed by atoms with Crippen molar-refractivity contribution in [3.63, 3.8) is 0 Å². The molecular weight excluding hydrogens is 220 g/mol. The minimum atomic E-state index is 0.824. The third kappa shape index (κ3) is 2.89. The van der Waals surface area contributed by atoms with Crippen LogP contribution in [0.4, 0.5) is 0 Å². The van der Waals surface area contributed by atoms with Crippen LogP contribution in [0.15, 0.2) is 73.3 Å². The first-order valence-corrected chi connectivity index (χ1v) is 5.86. The van der Waals surface area contributed by atoms with E-state index in [1.807, 2.05) is 66.7 Å². The topological polar surface area (TPSA) is 9.23 Å². The fraction of sp³-hybridized carbons (Fsp3) is 0.0588. The van der Waals surface area contributed by atoms with Gasteiger partial charge in [0.25, 0.3) is 0 Å². The molecule has 2 aromatic carbocycles. The van der Waals surface area contributed by atoms with E-state index in [-0.39, 0.29) is 0 Å². The second kappa shape index (κ2) is 5.87. The fourth-order valence-corrected chi connectivity index (χ4v) is 1.76. The Morgan fingerprint density at radius 2 is 1.39 bits per heavy atom. The Hall–Kier alpha value is -2.28. The van der Waals surface area contributed by atoms with Gasteiger partial charge in [0.15, 0.2) is 0 Å². The predicted molar refractivity (Wildman–Crippen MR) is 76.9 cm³/mol. The van der Waals surface area contributed by atoms with E-state index in [4.69, 9.17) is 4.74 Å². The Morgan fingerprint density at radius 1 is 0.889 bits per heavy atom. The molecule has 0 fully saturated rings. The van der Waals surface area contributed by atoms with Crippen LogP contribution < -0.4 is 0 Å². The third-order valence-corrected chi connectivity index (χ3v) is 2.73. The first kappa shape index (κ1) is 12.2. The number of hydrogen-bond acceptors (Lipinski definition) is 1. The van der Waals surface area contributed by atoms with Crippen molar-refractivity contribution in [3.8, 4) is 0 Å². The average molecular weight is 236 g/mol. The van der Waals surface area contributed by atoms with Gasteiger partial charge in [0.05, 0.1) is 7.11 Å². The van der Waals surface area contributed by atoms with Crippen LogP contribution in [0.25, 0.3) is 11.3 Å². The zero-order valence-electron chi connectivity index (χ0n) is 10.5. The number of rotatable bonds is 4. The van der Waals surface area contributed by atoms with Gasteiger partial charge in [-0.25, -0.2) is 0 Å². The maximum Gasteiger partial charge on any atom is 0.126 e. The van der Waals surface area contributed by atoms with Crippen LogP contribution in [0.5, 0.6) is 0 Å². The van der Waals surface area contributed by atoms with Crippen molar-refractivity contribution in [2.45, 2.75) is 0 Å². The summed E-state index contributed by atoms with van der Waals surface area (Å²) in [6, 6.07) is 20.1. The van der Waals surface area contributed by atoms with Gasteiger partial charge in [0.1, 0.15) is 5.76 Å². The molecular formula is C17H16O. The highest BCUT2D eigenvalue weighted by Crippen LogP contribution is 2.21. The van der Waals surface area contributed by atoms with Gasteiger partial charge >= 0.3 is 0 Å². The van der Waals surface area contributed by atoms with E-state index in [1.165, 1.54) is 0 Å². The maximum absolute atomic E-state index is 5.43. The molecule has 0 bridgehead atoms. The van der Waals surface area contributed by atoms with Gasteiger partial charge in [-0.15, -0.1) is 0 Å². The fourth-order valence-electron chi connectivity index (χ4n) is 1.76. The van der Waals surface area contributed by atoms with E-state index < -0.39 is 0 Å². The molecule has 0 saturated heterocycles. The summed E-state index contributed by atoms with van der Waals surface area (Å²) in [7, 11) is 1.68. The largest absolute Gasteiger partial charge is 0.496 e. The van der Waals surface area contributed by atoms with Crippen LogP contribution in [0, 0.1) is 0 Å². The second-order valence-electron chi connectivity index (χ2n) is 3.97. The lowest BCUT2D eigenvalue weighted by Gasteiger charge is -2.08. The monoisotopic (exact) mass is 236 g/mol. The van der Waals surface area contributed by atoms with Crippen molar-refractivity contribution in [2.75, 3.05) is 7.11 Å². The van der Waals surface area contributed by atoms with Crippen LogP contribution in [-0.2, 0) is 4.74 Å². The molecule has 0 saturated carbocycles. The molecule has 1 heteroatoms. The minimum absolute atomic E-state index is 0.824.